The van der Waals surface area contributed by atoms with Crippen LogP contribution >= 0.6 is 11.6 Å². The summed E-state index contributed by atoms with van der Waals surface area (Å²) in [5.74, 6) is -1.07. The van der Waals surface area contributed by atoms with Gasteiger partial charge in [-0.1, -0.05) is 11.6 Å². The average Bonchev–Trinajstić information content (AvgIpc) is 3.65. The van der Waals surface area contributed by atoms with Crippen LogP contribution in [-0.2, 0) is 14.3 Å². The number of benzene rings is 1. The highest BCUT2D eigenvalue weighted by Crippen LogP contribution is 2.40. The number of hydrogen-bond acceptors (Lipinski definition) is 9. The largest absolute Gasteiger partial charge is 0.469 e. The summed E-state index contributed by atoms with van der Waals surface area (Å²) in [5, 5.41) is 18.4. The predicted molar refractivity (Wildman–Crippen MR) is 152 cm³/mol. The number of carbonyl (C=O) groups excluding carboxylic acids is 3. The predicted octanol–water partition coefficient (Wildman–Crippen LogP) is 4.10. The first-order valence-corrected chi connectivity index (χ1v) is 13.5. The number of rotatable bonds is 6. The third-order valence-electron chi connectivity index (χ3n) is 6.77. The topological polar surface area (TPSA) is 156 Å². The zero-order chi connectivity index (χ0) is 29.5. The van der Waals surface area contributed by atoms with Gasteiger partial charge in [0.25, 0.3) is 5.91 Å². The molecular weight excluding hydrogens is 552 g/mol. The second-order valence-electron chi connectivity index (χ2n) is 10.8. The number of anilines is 2. The molecule has 1 aliphatic rings. The molecule has 3 aromatic heterocycles. The van der Waals surface area contributed by atoms with Crippen molar-refractivity contribution in [2.24, 2.45) is 5.92 Å². The zero-order valence-electron chi connectivity index (χ0n) is 23.3. The summed E-state index contributed by atoms with van der Waals surface area (Å²) in [5.41, 5.74) is 1.67. The quantitative estimate of drug-likeness (QED) is 0.285. The van der Waals surface area contributed by atoms with Gasteiger partial charge in [-0.25, -0.2) is 14.3 Å². The minimum Gasteiger partial charge on any atom is -0.469 e. The fraction of sp³-hybridized carbons (Fsp3) is 0.407. The van der Waals surface area contributed by atoms with Crippen molar-refractivity contribution in [2.45, 2.75) is 45.8 Å². The van der Waals surface area contributed by atoms with E-state index >= 15 is 0 Å². The van der Waals surface area contributed by atoms with Crippen LogP contribution < -0.4 is 15.5 Å². The van der Waals surface area contributed by atoms with Crippen molar-refractivity contribution in [3.8, 4) is 0 Å². The lowest BCUT2D eigenvalue weighted by Gasteiger charge is -2.26. The van der Waals surface area contributed by atoms with E-state index in [9.17, 15) is 14.4 Å². The van der Waals surface area contributed by atoms with Gasteiger partial charge in [0.2, 0.25) is 0 Å². The van der Waals surface area contributed by atoms with Crippen LogP contribution in [0.25, 0.3) is 16.6 Å². The zero-order valence-corrected chi connectivity index (χ0v) is 24.1. The first-order chi connectivity index (χ1) is 19.5. The molecule has 1 saturated heterocycles. The maximum Gasteiger partial charge on any atom is 0.413 e. The van der Waals surface area contributed by atoms with E-state index in [0.717, 1.165) is 11.1 Å². The number of ether oxygens (including phenoxy) is 2. The number of H-pyrrole nitrogens is 1. The Morgan fingerprint density at radius 2 is 2.05 bits per heavy atom. The lowest BCUT2D eigenvalue weighted by atomic mass is 10.0. The molecular formula is C27H31ClN8O5. The highest BCUT2D eigenvalue weighted by Gasteiger charge is 2.33. The summed E-state index contributed by atoms with van der Waals surface area (Å²) < 4.78 is 11.7. The van der Waals surface area contributed by atoms with E-state index in [1.807, 2.05) is 6.92 Å². The van der Waals surface area contributed by atoms with Crippen molar-refractivity contribution in [1.29, 1.82) is 0 Å². The molecule has 2 atom stereocenters. The minimum absolute atomic E-state index is 0.00382. The summed E-state index contributed by atoms with van der Waals surface area (Å²) in [7, 11) is 1.38. The van der Waals surface area contributed by atoms with Gasteiger partial charge in [0.05, 0.1) is 29.8 Å². The number of nitrogens with zero attached hydrogens (tertiary/aromatic N) is 5. The van der Waals surface area contributed by atoms with E-state index in [4.69, 9.17) is 21.1 Å². The maximum absolute atomic E-state index is 13.8. The van der Waals surface area contributed by atoms with E-state index in [1.54, 1.807) is 45.3 Å². The number of aromatic nitrogens is 5. The molecule has 14 heteroatoms. The molecule has 5 rings (SSSR count). The molecule has 1 aliphatic heterocycles. The first kappa shape index (κ1) is 28.1. The summed E-state index contributed by atoms with van der Waals surface area (Å²) >= 11 is 6.63. The number of nitrogens with one attached hydrogen (secondary N) is 3. The van der Waals surface area contributed by atoms with Crippen LogP contribution in [0.5, 0.6) is 0 Å². The van der Waals surface area contributed by atoms with Crippen LogP contribution in [0.1, 0.15) is 56.1 Å². The number of amides is 2. The van der Waals surface area contributed by atoms with E-state index in [0.29, 0.717) is 35.6 Å². The van der Waals surface area contributed by atoms with Crippen LogP contribution in [0.3, 0.4) is 0 Å². The summed E-state index contributed by atoms with van der Waals surface area (Å²) in [4.78, 5) is 44.9. The molecule has 2 amide bonds. The first-order valence-electron chi connectivity index (χ1n) is 13.1. The monoisotopic (exact) mass is 582 g/mol. The van der Waals surface area contributed by atoms with Gasteiger partial charge in [0, 0.05) is 42.6 Å². The molecule has 0 saturated carbocycles. The van der Waals surface area contributed by atoms with Crippen molar-refractivity contribution in [3.05, 3.63) is 46.9 Å². The molecule has 4 heterocycles. The number of carbonyl (C=O) groups is 3. The maximum atomic E-state index is 13.8. The molecule has 2 unspecified atom stereocenters. The summed E-state index contributed by atoms with van der Waals surface area (Å²) in [6.07, 6.45) is 4.73. The van der Waals surface area contributed by atoms with Crippen molar-refractivity contribution >= 4 is 57.6 Å². The van der Waals surface area contributed by atoms with Gasteiger partial charge >= 0.3 is 12.1 Å². The molecule has 0 bridgehead atoms. The Hall–Kier alpha value is -4.39. The van der Waals surface area contributed by atoms with Crippen LogP contribution in [0, 0.1) is 5.92 Å². The average molecular weight is 583 g/mol. The van der Waals surface area contributed by atoms with Crippen LogP contribution in [0.15, 0.2) is 30.7 Å². The van der Waals surface area contributed by atoms with Crippen molar-refractivity contribution in [1.82, 2.24) is 30.1 Å². The number of fused-ring (bicyclic) bond motifs is 2. The van der Waals surface area contributed by atoms with Gasteiger partial charge in [0.15, 0.2) is 11.5 Å². The highest BCUT2D eigenvalue weighted by molar-refractivity contribution is 6.36. The van der Waals surface area contributed by atoms with Gasteiger partial charge < -0.3 is 19.7 Å². The number of aromatic amines is 1. The molecule has 0 spiro atoms. The standard InChI is InChI=1S/C27H31ClN8O5/c1-14(16-11-18(28)17-12-30-33-20(17)21(16)35-10-7-15(13-35)25(38)40-5)31-24(37)19-22(32-26(39)41-27(2,3)4)34-36-9-6-8-29-23(19)36/h6,8-9,11-12,14-15H,7,10,13H2,1-5H3,(H,30,33)(H,31,37)(H,32,34,39). The molecule has 4 aromatic rings. The van der Waals surface area contributed by atoms with Gasteiger partial charge in [-0.05, 0) is 46.2 Å². The lowest BCUT2D eigenvalue weighted by Crippen LogP contribution is -2.31. The SMILES string of the molecule is COC(=O)C1CCN(c2c(C(C)NC(=O)c3c(NC(=O)OC(C)(C)C)nn4cccnc34)cc(Cl)c3c[nH]nc23)C1. The number of methoxy groups -OCH3 is 1. The Labute approximate surface area is 240 Å². The lowest BCUT2D eigenvalue weighted by molar-refractivity contribution is -0.144. The Morgan fingerprint density at radius 3 is 2.78 bits per heavy atom. The third kappa shape index (κ3) is 5.62. The van der Waals surface area contributed by atoms with Gasteiger partial charge in [-0.15, -0.1) is 5.10 Å². The van der Waals surface area contributed by atoms with Crippen molar-refractivity contribution in [2.75, 3.05) is 30.4 Å². The molecule has 3 N–H and O–H groups in total. The Morgan fingerprint density at radius 1 is 1.27 bits per heavy atom. The fourth-order valence-corrected chi connectivity index (χ4v) is 5.25. The molecule has 216 valence electrons. The van der Waals surface area contributed by atoms with Gasteiger partial charge in [-0.2, -0.15) is 5.10 Å². The highest BCUT2D eigenvalue weighted by atomic mass is 35.5. The van der Waals surface area contributed by atoms with E-state index in [1.165, 1.54) is 17.8 Å². The van der Waals surface area contributed by atoms with E-state index in [2.05, 4.69) is 35.8 Å². The molecule has 1 fully saturated rings. The second-order valence-corrected chi connectivity index (χ2v) is 11.2. The number of hydrogen-bond donors (Lipinski definition) is 3. The third-order valence-corrected chi connectivity index (χ3v) is 7.09. The molecule has 13 nitrogen and oxygen atoms in total. The van der Waals surface area contributed by atoms with Gasteiger partial charge in [-0.3, -0.25) is 20.0 Å². The van der Waals surface area contributed by atoms with Crippen molar-refractivity contribution < 1.29 is 23.9 Å². The summed E-state index contributed by atoms with van der Waals surface area (Å²) in [6, 6.07) is 2.88. The van der Waals surface area contributed by atoms with Crippen molar-refractivity contribution in [3.63, 3.8) is 0 Å². The summed E-state index contributed by atoms with van der Waals surface area (Å²) in [6.45, 7) is 8.06. The Balaban J connectivity index is 1.49. The van der Waals surface area contributed by atoms with Gasteiger partial charge in [0.1, 0.15) is 16.7 Å². The Kier molecular flexibility index (Phi) is 7.47. The van der Waals surface area contributed by atoms with E-state index in [-0.39, 0.29) is 28.9 Å². The van der Waals surface area contributed by atoms with Crippen LogP contribution in [-0.4, -0.2) is 68.6 Å². The number of esters is 1. The smallest absolute Gasteiger partial charge is 0.413 e. The molecule has 41 heavy (non-hydrogen) atoms. The minimum atomic E-state index is -0.754. The molecule has 0 aliphatic carbocycles. The van der Waals surface area contributed by atoms with E-state index < -0.39 is 23.6 Å². The fourth-order valence-electron chi connectivity index (χ4n) is 4.99. The van der Waals surface area contributed by atoms with Crippen LogP contribution in [0.4, 0.5) is 16.3 Å². The molecule has 1 aromatic carbocycles. The number of halogens is 1. The van der Waals surface area contributed by atoms with Crippen LogP contribution in [0.2, 0.25) is 5.02 Å². The molecule has 0 radical (unpaired) electrons. The second kappa shape index (κ2) is 10.9. The Bertz CT molecular complexity index is 1640. The normalized spacial score (nSPS) is 16.1.